The summed E-state index contributed by atoms with van der Waals surface area (Å²) in [7, 11) is 0. The molecule has 0 aromatic heterocycles. The van der Waals surface area contributed by atoms with Gasteiger partial charge in [-0.1, -0.05) is 15.9 Å². The fraction of sp³-hybridized carbons (Fsp3) is 0.318. The maximum Gasteiger partial charge on any atom is 0.240 e. The number of benzene rings is 2. The van der Waals surface area contributed by atoms with E-state index in [1.54, 1.807) is 18.2 Å². The molecule has 0 atom stereocenters. The summed E-state index contributed by atoms with van der Waals surface area (Å²) >= 11 is 6.82. The highest BCUT2D eigenvalue weighted by atomic mass is 79.9. The largest absolute Gasteiger partial charge is 0.490 e. The van der Waals surface area contributed by atoms with Crippen molar-refractivity contribution in [1.29, 1.82) is 0 Å². The molecule has 2 N–H and O–H groups in total. The van der Waals surface area contributed by atoms with Crippen molar-refractivity contribution in [2.24, 2.45) is 5.10 Å². The molecule has 7 nitrogen and oxygen atoms in total. The molecule has 0 aliphatic carbocycles. The molecular weight excluding hydrogens is 530 g/mol. The van der Waals surface area contributed by atoms with Gasteiger partial charge in [-0.15, -0.1) is 0 Å². The summed E-state index contributed by atoms with van der Waals surface area (Å²) in [5.41, 5.74) is 3.94. The lowest BCUT2D eigenvalue weighted by Gasteiger charge is -2.13. The maximum atomic E-state index is 12.0. The number of hydrogen-bond donors (Lipinski definition) is 2. The van der Waals surface area contributed by atoms with E-state index in [-0.39, 0.29) is 24.7 Å². The molecule has 0 saturated carbocycles. The molecule has 2 amide bonds. The van der Waals surface area contributed by atoms with E-state index >= 15 is 0 Å². The van der Waals surface area contributed by atoms with Gasteiger partial charge < -0.3 is 14.8 Å². The number of carbonyl (C=O) groups excluding carboxylic acids is 2. The Morgan fingerprint density at radius 3 is 2.35 bits per heavy atom. The summed E-state index contributed by atoms with van der Waals surface area (Å²) in [5.74, 6) is 0.833. The van der Waals surface area contributed by atoms with Gasteiger partial charge in [-0.05, 0) is 78.2 Å². The van der Waals surface area contributed by atoms with Crippen LogP contribution in [0.5, 0.6) is 11.5 Å². The van der Waals surface area contributed by atoms with Crippen LogP contribution >= 0.6 is 31.9 Å². The zero-order valence-electron chi connectivity index (χ0n) is 17.4. The van der Waals surface area contributed by atoms with Gasteiger partial charge in [0.25, 0.3) is 0 Å². The summed E-state index contributed by atoms with van der Waals surface area (Å²) in [4.78, 5) is 23.9. The van der Waals surface area contributed by atoms with Crippen molar-refractivity contribution in [2.75, 3.05) is 18.5 Å². The first-order valence-electron chi connectivity index (χ1n) is 9.89. The van der Waals surface area contributed by atoms with Gasteiger partial charge in [0.15, 0.2) is 11.5 Å². The molecule has 2 aromatic carbocycles. The van der Waals surface area contributed by atoms with Crippen molar-refractivity contribution in [3.63, 3.8) is 0 Å². The van der Waals surface area contributed by atoms with Crippen LogP contribution in [0.25, 0.3) is 0 Å². The van der Waals surface area contributed by atoms with Gasteiger partial charge in [-0.25, -0.2) is 5.43 Å². The van der Waals surface area contributed by atoms with Crippen LogP contribution in [0.4, 0.5) is 5.69 Å². The lowest BCUT2D eigenvalue weighted by atomic mass is 10.2. The molecule has 0 radical (unpaired) electrons. The molecule has 9 heteroatoms. The van der Waals surface area contributed by atoms with Crippen molar-refractivity contribution in [2.45, 2.75) is 33.1 Å². The van der Waals surface area contributed by atoms with E-state index in [1.165, 1.54) is 6.21 Å². The normalized spacial score (nSPS) is 10.7. The van der Waals surface area contributed by atoms with Crippen molar-refractivity contribution in [3.8, 4) is 11.5 Å². The van der Waals surface area contributed by atoms with E-state index in [0.29, 0.717) is 31.1 Å². The molecule has 0 spiro atoms. The van der Waals surface area contributed by atoms with Crippen molar-refractivity contribution in [1.82, 2.24) is 5.43 Å². The van der Waals surface area contributed by atoms with E-state index in [9.17, 15) is 9.59 Å². The van der Waals surface area contributed by atoms with Crippen molar-refractivity contribution >= 4 is 55.6 Å². The first kappa shape index (κ1) is 24.9. The minimum Gasteiger partial charge on any atom is -0.490 e. The van der Waals surface area contributed by atoms with Gasteiger partial charge >= 0.3 is 0 Å². The van der Waals surface area contributed by atoms with Crippen LogP contribution in [0.2, 0.25) is 0 Å². The lowest BCUT2D eigenvalue weighted by molar-refractivity contribution is -0.121. The summed E-state index contributed by atoms with van der Waals surface area (Å²) in [6.07, 6.45) is 2.40. The molecule has 0 heterocycles. The summed E-state index contributed by atoms with van der Waals surface area (Å²) in [6.45, 7) is 4.81. The third-order valence-electron chi connectivity index (χ3n) is 3.96. The first-order chi connectivity index (χ1) is 14.9. The Kier molecular flexibility index (Phi) is 10.5. The zero-order valence-corrected chi connectivity index (χ0v) is 20.6. The second kappa shape index (κ2) is 13.1. The molecule has 0 fully saturated rings. The number of nitrogens with zero attached hydrogens (tertiary/aromatic N) is 1. The number of nitrogens with one attached hydrogen (secondary N) is 2. The molecule has 31 heavy (non-hydrogen) atoms. The number of hydrazone groups is 1. The van der Waals surface area contributed by atoms with Crippen LogP contribution in [-0.2, 0) is 9.59 Å². The molecule has 2 rings (SSSR count). The average molecular weight is 555 g/mol. The third kappa shape index (κ3) is 8.70. The molecule has 0 saturated heterocycles. The van der Waals surface area contributed by atoms with Gasteiger partial charge in [0, 0.05) is 23.0 Å². The molecule has 0 aliphatic heterocycles. The highest BCUT2D eigenvalue weighted by molar-refractivity contribution is 9.10. The standard InChI is InChI=1S/C22H25Br2N3O4/c1-3-30-19-13-15(12-18(24)22(19)31-4-2)14-25-27-21(29)7-5-6-20(28)26-17-10-8-16(23)9-11-17/h8-14H,3-7H2,1-2H3,(H,26,28)(H,27,29)/b25-14-. The van der Waals surface area contributed by atoms with Crippen LogP contribution in [0.15, 0.2) is 50.4 Å². The number of halogens is 2. The third-order valence-corrected chi connectivity index (χ3v) is 5.08. The molecule has 166 valence electrons. The Labute approximate surface area is 198 Å². The molecule has 0 aliphatic rings. The van der Waals surface area contributed by atoms with E-state index in [1.807, 2.05) is 32.0 Å². The number of ether oxygens (including phenoxy) is 2. The predicted octanol–water partition coefficient (Wildman–Crippen LogP) is 5.27. The van der Waals surface area contributed by atoms with Crippen LogP contribution in [0.1, 0.15) is 38.7 Å². The maximum absolute atomic E-state index is 12.0. The smallest absolute Gasteiger partial charge is 0.240 e. The second-order valence-electron chi connectivity index (χ2n) is 6.40. The van der Waals surface area contributed by atoms with Crippen LogP contribution < -0.4 is 20.2 Å². The fourth-order valence-electron chi connectivity index (χ4n) is 2.61. The second-order valence-corrected chi connectivity index (χ2v) is 8.17. The number of anilines is 1. The highest BCUT2D eigenvalue weighted by Gasteiger charge is 2.11. The number of amides is 2. The summed E-state index contributed by atoms with van der Waals surface area (Å²) in [5, 5.41) is 6.78. The summed E-state index contributed by atoms with van der Waals surface area (Å²) in [6, 6.07) is 10.9. The fourth-order valence-corrected chi connectivity index (χ4v) is 3.45. The number of hydrogen-bond acceptors (Lipinski definition) is 5. The van der Waals surface area contributed by atoms with Gasteiger partial charge in [0.1, 0.15) is 0 Å². The first-order valence-corrected chi connectivity index (χ1v) is 11.5. The van der Waals surface area contributed by atoms with E-state index in [2.05, 4.69) is 47.7 Å². The van der Waals surface area contributed by atoms with E-state index < -0.39 is 0 Å². The summed E-state index contributed by atoms with van der Waals surface area (Å²) < 4.78 is 12.9. The van der Waals surface area contributed by atoms with Gasteiger partial charge in [-0.3, -0.25) is 9.59 Å². The van der Waals surface area contributed by atoms with E-state index in [4.69, 9.17) is 9.47 Å². The van der Waals surface area contributed by atoms with Crippen molar-refractivity contribution < 1.29 is 19.1 Å². The van der Waals surface area contributed by atoms with Crippen LogP contribution in [-0.4, -0.2) is 31.2 Å². The highest BCUT2D eigenvalue weighted by Crippen LogP contribution is 2.36. The van der Waals surface area contributed by atoms with Crippen LogP contribution in [0.3, 0.4) is 0 Å². The zero-order chi connectivity index (χ0) is 22.6. The Balaban J connectivity index is 1.80. The number of rotatable bonds is 11. The Morgan fingerprint density at radius 2 is 1.68 bits per heavy atom. The van der Waals surface area contributed by atoms with Gasteiger partial charge in [0.2, 0.25) is 11.8 Å². The van der Waals surface area contributed by atoms with E-state index in [0.717, 1.165) is 20.2 Å². The topological polar surface area (TPSA) is 89.0 Å². The Bertz CT molecular complexity index is 918. The van der Waals surface area contributed by atoms with Gasteiger partial charge in [-0.2, -0.15) is 5.10 Å². The van der Waals surface area contributed by atoms with Gasteiger partial charge in [0.05, 0.1) is 23.9 Å². The predicted molar refractivity (Wildman–Crippen MR) is 129 cm³/mol. The SMILES string of the molecule is CCOc1cc(/C=N\NC(=O)CCCC(=O)Nc2ccc(Br)cc2)cc(Br)c1OCC. The van der Waals surface area contributed by atoms with Crippen molar-refractivity contribution in [3.05, 3.63) is 50.9 Å². The molecular formula is C22H25Br2N3O4. The Morgan fingerprint density at radius 1 is 1.00 bits per heavy atom. The monoisotopic (exact) mass is 553 g/mol. The minimum absolute atomic E-state index is 0.138. The molecule has 0 unspecified atom stereocenters. The minimum atomic E-state index is -0.261. The Hall–Kier alpha value is -2.39. The average Bonchev–Trinajstić information content (AvgIpc) is 2.72. The van der Waals surface area contributed by atoms with Crippen LogP contribution in [0, 0.1) is 0 Å². The molecule has 2 aromatic rings. The quantitative estimate of drug-likeness (QED) is 0.292. The lowest BCUT2D eigenvalue weighted by Crippen LogP contribution is -2.18. The number of carbonyl (C=O) groups is 2. The molecule has 0 bridgehead atoms.